The molecule has 28 heavy (non-hydrogen) atoms. The lowest BCUT2D eigenvalue weighted by Crippen LogP contribution is -2.26. The van der Waals surface area contributed by atoms with E-state index >= 15 is 0 Å². The molecule has 0 saturated carbocycles. The molecule has 1 aromatic carbocycles. The summed E-state index contributed by atoms with van der Waals surface area (Å²) >= 11 is 7.23. The van der Waals surface area contributed by atoms with Crippen LogP contribution in [0.2, 0.25) is 5.02 Å². The number of benzene rings is 1. The van der Waals surface area contributed by atoms with E-state index in [9.17, 15) is 18.0 Å². The number of nitrogens with zero attached hydrogens (tertiary/aromatic N) is 3. The Labute approximate surface area is 168 Å². The molecule has 1 amide bonds. The molecule has 2 heterocycles. The molecule has 0 unspecified atom stereocenters. The van der Waals surface area contributed by atoms with E-state index in [0.717, 1.165) is 11.2 Å². The fourth-order valence-electron chi connectivity index (χ4n) is 2.50. The summed E-state index contributed by atoms with van der Waals surface area (Å²) in [6.07, 6.45) is -3.86. The highest BCUT2D eigenvalue weighted by Gasteiger charge is 2.40. The lowest BCUT2D eigenvalue weighted by molar-refractivity contribution is -0.143. The van der Waals surface area contributed by atoms with E-state index in [-0.39, 0.29) is 18.2 Å². The Kier molecular flexibility index (Phi) is 5.76. The van der Waals surface area contributed by atoms with Crippen molar-refractivity contribution in [3.05, 3.63) is 62.8 Å². The number of halogens is 4. The number of hydrogen-bond donors (Lipinski definition) is 1. The highest BCUT2D eigenvalue weighted by Crippen LogP contribution is 2.34. The van der Waals surface area contributed by atoms with Crippen LogP contribution in [0.15, 0.2) is 35.8 Å². The van der Waals surface area contributed by atoms with E-state index < -0.39 is 23.3 Å². The molecule has 3 rings (SSSR count). The lowest BCUT2D eigenvalue weighted by Gasteiger charge is -2.12. The molecule has 10 heteroatoms. The third kappa shape index (κ3) is 4.36. The van der Waals surface area contributed by atoms with Gasteiger partial charge in [0.1, 0.15) is 0 Å². The SMILES string of the molecule is CC(C)c1nc(CNC(=O)c2cnn(-c3ccc(Cl)cc3)c2C(F)(F)F)cs1. The maximum atomic E-state index is 13.6. The fourth-order valence-corrected chi connectivity index (χ4v) is 3.46. The molecule has 0 aliphatic heterocycles. The largest absolute Gasteiger partial charge is 0.434 e. The predicted octanol–water partition coefficient (Wildman–Crippen LogP) is 5.05. The van der Waals surface area contributed by atoms with Gasteiger partial charge in [0.05, 0.1) is 34.7 Å². The summed E-state index contributed by atoms with van der Waals surface area (Å²) in [4.78, 5) is 16.8. The summed E-state index contributed by atoms with van der Waals surface area (Å²) in [5.41, 5.74) is -0.951. The van der Waals surface area contributed by atoms with Crippen molar-refractivity contribution in [1.29, 1.82) is 0 Å². The molecule has 0 radical (unpaired) electrons. The fraction of sp³-hybridized carbons (Fsp3) is 0.278. The first-order chi connectivity index (χ1) is 13.2. The lowest BCUT2D eigenvalue weighted by atomic mass is 10.2. The topological polar surface area (TPSA) is 59.8 Å². The second-order valence-electron chi connectivity index (χ2n) is 6.31. The van der Waals surface area contributed by atoms with Gasteiger partial charge in [-0.3, -0.25) is 4.79 Å². The third-order valence-electron chi connectivity index (χ3n) is 3.85. The Balaban J connectivity index is 1.86. The summed E-state index contributed by atoms with van der Waals surface area (Å²) in [5.74, 6) is -0.629. The number of amides is 1. The summed E-state index contributed by atoms with van der Waals surface area (Å²) in [7, 11) is 0. The van der Waals surface area contributed by atoms with Crippen LogP contribution in [-0.4, -0.2) is 20.7 Å². The summed E-state index contributed by atoms with van der Waals surface area (Å²) in [6.45, 7) is 4.01. The molecule has 1 N–H and O–H groups in total. The number of carbonyl (C=O) groups excluding carboxylic acids is 1. The Hall–Kier alpha value is -2.39. The van der Waals surface area contributed by atoms with Crippen LogP contribution in [0.5, 0.6) is 0 Å². The number of hydrogen-bond acceptors (Lipinski definition) is 4. The average Bonchev–Trinajstić information content (AvgIpc) is 3.27. The van der Waals surface area contributed by atoms with E-state index in [0.29, 0.717) is 15.4 Å². The minimum absolute atomic E-state index is 0.0332. The Morgan fingerprint density at radius 1 is 1.29 bits per heavy atom. The van der Waals surface area contributed by atoms with Crippen molar-refractivity contribution < 1.29 is 18.0 Å². The standard InChI is InChI=1S/C18H16ClF3N4OS/c1-10(2)17-25-12(9-28-17)7-23-16(27)14-8-24-26(15(14)18(20,21)22)13-5-3-11(19)4-6-13/h3-6,8-10H,7H2,1-2H3,(H,23,27). The van der Waals surface area contributed by atoms with Crippen LogP contribution in [-0.2, 0) is 12.7 Å². The van der Waals surface area contributed by atoms with Crippen LogP contribution < -0.4 is 5.32 Å². The number of thiazole rings is 1. The van der Waals surface area contributed by atoms with Gasteiger partial charge in [0, 0.05) is 16.3 Å². The van der Waals surface area contributed by atoms with Crippen LogP contribution in [0.3, 0.4) is 0 Å². The molecule has 2 aromatic heterocycles. The highest BCUT2D eigenvalue weighted by atomic mass is 35.5. The second kappa shape index (κ2) is 7.92. The molecular weight excluding hydrogens is 413 g/mol. The van der Waals surface area contributed by atoms with Gasteiger partial charge in [-0.05, 0) is 24.3 Å². The van der Waals surface area contributed by atoms with Gasteiger partial charge in [-0.2, -0.15) is 18.3 Å². The molecule has 0 aliphatic carbocycles. The molecule has 0 fully saturated rings. The summed E-state index contributed by atoms with van der Waals surface area (Å²) in [6, 6.07) is 5.70. The normalized spacial score (nSPS) is 11.8. The first-order valence-electron chi connectivity index (χ1n) is 8.30. The van der Waals surface area contributed by atoms with Gasteiger partial charge in [0.25, 0.3) is 5.91 Å². The Morgan fingerprint density at radius 2 is 1.96 bits per heavy atom. The van der Waals surface area contributed by atoms with E-state index in [1.54, 1.807) is 5.38 Å². The zero-order valence-corrected chi connectivity index (χ0v) is 16.5. The van der Waals surface area contributed by atoms with Gasteiger partial charge in [-0.15, -0.1) is 11.3 Å². The van der Waals surface area contributed by atoms with E-state index in [1.165, 1.54) is 35.6 Å². The number of alkyl halides is 3. The first-order valence-corrected chi connectivity index (χ1v) is 9.56. The zero-order valence-electron chi connectivity index (χ0n) is 14.9. The van der Waals surface area contributed by atoms with Crippen molar-refractivity contribution in [1.82, 2.24) is 20.1 Å². The van der Waals surface area contributed by atoms with Crippen LogP contribution in [0.4, 0.5) is 13.2 Å². The van der Waals surface area contributed by atoms with Crippen molar-refractivity contribution >= 4 is 28.8 Å². The number of nitrogens with one attached hydrogen (secondary N) is 1. The monoisotopic (exact) mass is 428 g/mol. The Morgan fingerprint density at radius 3 is 2.54 bits per heavy atom. The van der Waals surface area contributed by atoms with Crippen molar-refractivity contribution in [2.75, 3.05) is 0 Å². The van der Waals surface area contributed by atoms with Gasteiger partial charge >= 0.3 is 6.18 Å². The zero-order chi connectivity index (χ0) is 20.5. The molecule has 3 aromatic rings. The third-order valence-corrected chi connectivity index (χ3v) is 5.29. The van der Waals surface area contributed by atoms with Crippen LogP contribution >= 0.6 is 22.9 Å². The maximum absolute atomic E-state index is 13.6. The van der Waals surface area contributed by atoms with Crippen molar-refractivity contribution in [2.45, 2.75) is 32.5 Å². The van der Waals surface area contributed by atoms with Crippen molar-refractivity contribution in [2.24, 2.45) is 0 Å². The highest BCUT2D eigenvalue weighted by molar-refractivity contribution is 7.09. The minimum Gasteiger partial charge on any atom is -0.346 e. The quantitative estimate of drug-likeness (QED) is 0.618. The number of rotatable bonds is 5. The van der Waals surface area contributed by atoms with Gasteiger partial charge < -0.3 is 5.32 Å². The van der Waals surface area contributed by atoms with Crippen LogP contribution in [0.25, 0.3) is 5.69 Å². The molecule has 0 bridgehead atoms. The molecule has 0 aliphatic rings. The van der Waals surface area contributed by atoms with Gasteiger partial charge in [0.15, 0.2) is 5.69 Å². The van der Waals surface area contributed by atoms with E-state index in [4.69, 9.17) is 11.6 Å². The number of aromatic nitrogens is 3. The van der Waals surface area contributed by atoms with Gasteiger partial charge in [-0.25, -0.2) is 9.67 Å². The van der Waals surface area contributed by atoms with E-state index in [1.807, 2.05) is 13.8 Å². The average molecular weight is 429 g/mol. The van der Waals surface area contributed by atoms with E-state index in [2.05, 4.69) is 15.4 Å². The molecule has 5 nitrogen and oxygen atoms in total. The maximum Gasteiger partial charge on any atom is 0.434 e. The van der Waals surface area contributed by atoms with Crippen molar-refractivity contribution in [3.63, 3.8) is 0 Å². The molecule has 0 spiro atoms. The first kappa shape index (κ1) is 20.3. The van der Waals surface area contributed by atoms with Crippen LogP contribution in [0.1, 0.15) is 46.5 Å². The van der Waals surface area contributed by atoms with Gasteiger partial charge in [0.2, 0.25) is 0 Å². The summed E-state index contributed by atoms with van der Waals surface area (Å²) in [5, 5.41) is 9.30. The van der Waals surface area contributed by atoms with Crippen LogP contribution in [0, 0.1) is 0 Å². The number of carbonyl (C=O) groups is 1. The van der Waals surface area contributed by atoms with Gasteiger partial charge in [-0.1, -0.05) is 25.4 Å². The minimum atomic E-state index is -4.77. The Bertz CT molecular complexity index is 980. The molecule has 0 atom stereocenters. The molecular formula is C18H16ClF3N4OS. The second-order valence-corrected chi connectivity index (χ2v) is 7.63. The molecule has 0 saturated heterocycles. The predicted molar refractivity (Wildman–Crippen MR) is 101 cm³/mol. The molecule has 148 valence electrons. The van der Waals surface area contributed by atoms with Crippen molar-refractivity contribution in [3.8, 4) is 5.69 Å². The smallest absolute Gasteiger partial charge is 0.346 e. The summed E-state index contributed by atoms with van der Waals surface area (Å²) < 4.78 is 41.6.